The van der Waals surface area contributed by atoms with E-state index in [2.05, 4.69) is 27.7 Å². The third-order valence-electron chi connectivity index (χ3n) is 5.25. The van der Waals surface area contributed by atoms with Crippen LogP contribution in [-0.2, 0) is 4.79 Å². The number of hydrogen-bond donors (Lipinski definition) is 2. The molecule has 136 valence electrons. The van der Waals surface area contributed by atoms with Crippen LogP contribution in [0.2, 0.25) is 0 Å². The summed E-state index contributed by atoms with van der Waals surface area (Å²) in [6.45, 7) is 2.06. The summed E-state index contributed by atoms with van der Waals surface area (Å²) in [4.78, 5) is 26.9. The van der Waals surface area contributed by atoms with Crippen LogP contribution < -0.4 is 10.6 Å². The summed E-state index contributed by atoms with van der Waals surface area (Å²) in [7, 11) is 2.12. The van der Waals surface area contributed by atoms with Crippen LogP contribution in [0.15, 0.2) is 36.5 Å². The van der Waals surface area contributed by atoms with Crippen molar-refractivity contribution in [2.24, 2.45) is 0 Å². The van der Waals surface area contributed by atoms with Gasteiger partial charge < -0.3 is 15.5 Å². The van der Waals surface area contributed by atoms with Crippen molar-refractivity contribution in [3.63, 3.8) is 0 Å². The Morgan fingerprint density at radius 1 is 1.27 bits per heavy atom. The molecule has 0 bridgehead atoms. The number of nitrogens with one attached hydrogen (secondary N) is 2. The highest BCUT2D eigenvalue weighted by molar-refractivity contribution is 6.00. The lowest BCUT2D eigenvalue weighted by atomic mass is 10.0. The van der Waals surface area contributed by atoms with E-state index in [1.54, 1.807) is 12.3 Å². The molecule has 1 atom stereocenters. The molecule has 7 heteroatoms. The van der Waals surface area contributed by atoms with Gasteiger partial charge in [-0.25, -0.2) is 4.68 Å². The number of piperidine rings is 1. The average molecular weight is 353 g/mol. The number of benzene rings is 1. The number of fused-ring (bicyclic) bond motifs is 1. The van der Waals surface area contributed by atoms with Crippen molar-refractivity contribution in [2.45, 2.75) is 31.3 Å². The first-order chi connectivity index (χ1) is 12.6. The SMILES string of the molecule is CN1CCC(n2nccc2NC(=O)CC2NC(=O)c3ccccc32)CC1. The molecule has 0 saturated carbocycles. The Bertz CT molecular complexity index is 823. The monoisotopic (exact) mass is 353 g/mol. The van der Waals surface area contributed by atoms with E-state index in [9.17, 15) is 9.59 Å². The number of anilines is 1. The molecule has 26 heavy (non-hydrogen) atoms. The van der Waals surface area contributed by atoms with Gasteiger partial charge in [0.2, 0.25) is 5.91 Å². The molecule has 2 aliphatic heterocycles. The molecule has 3 heterocycles. The summed E-state index contributed by atoms with van der Waals surface area (Å²) in [5.74, 6) is 0.485. The van der Waals surface area contributed by atoms with Gasteiger partial charge in [-0.3, -0.25) is 9.59 Å². The van der Waals surface area contributed by atoms with Gasteiger partial charge in [0.25, 0.3) is 5.91 Å². The van der Waals surface area contributed by atoms with Crippen molar-refractivity contribution in [3.05, 3.63) is 47.7 Å². The predicted molar refractivity (Wildman–Crippen MR) is 97.9 cm³/mol. The molecular weight excluding hydrogens is 330 g/mol. The van der Waals surface area contributed by atoms with E-state index in [1.165, 1.54) is 0 Å². The van der Waals surface area contributed by atoms with Gasteiger partial charge in [0.05, 0.1) is 24.7 Å². The van der Waals surface area contributed by atoms with Crippen molar-refractivity contribution in [3.8, 4) is 0 Å². The van der Waals surface area contributed by atoms with Crippen LogP contribution in [0.4, 0.5) is 5.82 Å². The highest BCUT2D eigenvalue weighted by Crippen LogP contribution is 2.28. The first kappa shape index (κ1) is 16.8. The molecule has 2 aliphatic rings. The lowest BCUT2D eigenvalue weighted by Gasteiger charge is -2.30. The Kier molecular flexibility index (Phi) is 4.46. The van der Waals surface area contributed by atoms with Crippen LogP contribution in [0.25, 0.3) is 0 Å². The van der Waals surface area contributed by atoms with E-state index in [1.807, 2.05) is 28.9 Å². The fourth-order valence-corrected chi connectivity index (χ4v) is 3.81. The Labute approximate surface area is 152 Å². The van der Waals surface area contributed by atoms with Crippen LogP contribution in [-0.4, -0.2) is 46.6 Å². The van der Waals surface area contributed by atoms with Crippen molar-refractivity contribution >= 4 is 17.6 Å². The number of rotatable bonds is 4. The van der Waals surface area contributed by atoms with Crippen LogP contribution in [0.3, 0.4) is 0 Å². The molecule has 2 aromatic rings. The number of amides is 2. The van der Waals surface area contributed by atoms with Gasteiger partial charge >= 0.3 is 0 Å². The van der Waals surface area contributed by atoms with E-state index in [4.69, 9.17) is 0 Å². The second-order valence-corrected chi connectivity index (χ2v) is 7.06. The zero-order chi connectivity index (χ0) is 18.1. The number of nitrogens with zero attached hydrogens (tertiary/aromatic N) is 3. The first-order valence-electron chi connectivity index (χ1n) is 9.03. The van der Waals surface area contributed by atoms with Gasteiger partial charge in [-0.1, -0.05) is 18.2 Å². The molecule has 1 unspecified atom stereocenters. The van der Waals surface area contributed by atoms with Crippen LogP contribution in [0.1, 0.15) is 47.3 Å². The molecule has 0 spiro atoms. The average Bonchev–Trinajstić information content (AvgIpc) is 3.21. The van der Waals surface area contributed by atoms with Crippen molar-refractivity contribution in [1.29, 1.82) is 0 Å². The second-order valence-electron chi connectivity index (χ2n) is 7.06. The maximum Gasteiger partial charge on any atom is 0.252 e. The van der Waals surface area contributed by atoms with Gasteiger partial charge in [0, 0.05) is 11.6 Å². The quantitative estimate of drug-likeness (QED) is 0.881. The fraction of sp³-hybridized carbons (Fsp3) is 0.421. The third-order valence-corrected chi connectivity index (χ3v) is 5.25. The largest absolute Gasteiger partial charge is 0.345 e. The topological polar surface area (TPSA) is 79.3 Å². The molecule has 1 aromatic carbocycles. The molecule has 1 aromatic heterocycles. The molecule has 0 aliphatic carbocycles. The van der Waals surface area contributed by atoms with E-state index >= 15 is 0 Å². The minimum atomic E-state index is -0.279. The highest BCUT2D eigenvalue weighted by Gasteiger charge is 2.30. The lowest BCUT2D eigenvalue weighted by Crippen LogP contribution is -2.32. The van der Waals surface area contributed by atoms with E-state index in [0.717, 1.165) is 37.3 Å². The number of carbonyl (C=O) groups is 2. The number of hydrogen-bond acceptors (Lipinski definition) is 4. The Morgan fingerprint density at radius 3 is 2.85 bits per heavy atom. The summed E-state index contributed by atoms with van der Waals surface area (Å²) in [6.07, 6.45) is 3.97. The zero-order valence-electron chi connectivity index (χ0n) is 14.8. The van der Waals surface area contributed by atoms with E-state index in [0.29, 0.717) is 11.6 Å². The normalized spacial score (nSPS) is 20.7. The van der Waals surface area contributed by atoms with Crippen LogP contribution >= 0.6 is 0 Å². The van der Waals surface area contributed by atoms with E-state index in [-0.39, 0.29) is 24.3 Å². The molecular formula is C19H23N5O2. The maximum absolute atomic E-state index is 12.6. The van der Waals surface area contributed by atoms with Crippen LogP contribution in [0.5, 0.6) is 0 Å². The van der Waals surface area contributed by atoms with Crippen molar-refractivity contribution in [2.75, 3.05) is 25.5 Å². The molecule has 1 fully saturated rings. The molecule has 7 nitrogen and oxygen atoms in total. The predicted octanol–water partition coefficient (Wildman–Crippen LogP) is 1.96. The number of carbonyl (C=O) groups excluding carboxylic acids is 2. The lowest BCUT2D eigenvalue weighted by molar-refractivity contribution is -0.116. The summed E-state index contributed by atoms with van der Waals surface area (Å²) >= 11 is 0. The summed E-state index contributed by atoms with van der Waals surface area (Å²) in [6, 6.07) is 9.27. The fourth-order valence-electron chi connectivity index (χ4n) is 3.81. The smallest absolute Gasteiger partial charge is 0.252 e. The third kappa shape index (κ3) is 3.22. The van der Waals surface area contributed by atoms with E-state index < -0.39 is 0 Å². The van der Waals surface area contributed by atoms with Gasteiger partial charge in [0.1, 0.15) is 5.82 Å². The molecule has 2 amide bonds. The molecule has 4 rings (SSSR count). The minimum Gasteiger partial charge on any atom is -0.345 e. The Hall–Kier alpha value is -2.67. The van der Waals surface area contributed by atoms with Crippen molar-refractivity contribution in [1.82, 2.24) is 20.0 Å². The summed E-state index contributed by atoms with van der Waals surface area (Å²) in [5.41, 5.74) is 1.54. The molecule has 0 radical (unpaired) electrons. The van der Waals surface area contributed by atoms with Crippen LogP contribution in [0, 0.1) is 0 Å². The Balaban J connectivity index is 1.42. The highest BCUT2D eigenvalue weighted by atomic mass is 16.2. The standard InChI is InChI=1S/C19H23N5O2/c1-23-10-7-13(8-11-23)24-17(6-9-20-24)22-18(25)12-16-14-4-2-3-5-15(14)19(26)21-16/h2-6,9,13,16H,7-8,10-12H2,1H3,(H,21,26)(H,22,25). The first-order valence-corrected chi connectivity index (χ1v) is 9.03. The van der Waals surface area contributed by atoms with Gasteiger partial charge in [-0.05, 0) is 44.6 Å². The Morgan fingerprint density at radius 2 is 2.04 bits per heavy atom. The van der Waals surface area contributed by atoms with Crippen molar-refractivity contribution < 1.29 is 9.59 Å². The molecule has 2 N–H and O–H groups in total. The van der Waals surface area contributed by atoms with Gasteiger partial charge in [-0.2, -0.15) is 5.10 Å². The minimum absolute atomic E-state index is 0.116. The zero-order valence-corrected chi connectivity index (χ0v) is 14.8. The maximum atomic E-state index is 12.6. The van der Waals surface area contributed by atoms with Gasteiger partial charge in [-0.15, -0.1) is 0 Å². The summed E-state index contributed by atoms with van der Waals surface area (Å²) < 4.78 is 1.92. The molecule has 1 saturated heterocycles. The number of likely N-dealkylation sites (tertiary alicyclic amines) is 1. The van der Waals surface area contributed by atoms with Gasteiger partial charge in [0.15, 0.2) is 0 Å². The number of aromatic nitrogens is 2. The summed E-state index contributed by atoms with van der Waals surface area (Å²) in [5, 5.41) is 10.3. The second kappa shape index (κ2) is 6.92.